The highest BCUT2D eigenvalue weighted by Gasteiger charge is 2.34. The summed E-state index contributed by atoms with van der Waals surface area (Å²) in [4.78, 5) is 77.4. The number of Topliss-reactive ketones (excluding diaryl/α,β-unsaturated/α-hetero) is 1. The lowest BCUT2D eigenvalue weighted by atomic mass is 9.88. The van der Waals surface area contributed by atoms with E-state index in [0.717, 1.165) is 22.9 Å². The molecule has 64 heavy (non-hydrogen) atoms. The summed E-state index contributed by atoms with van der Waals surface area (Å²) in [5.74, 6) is -0.424. The summed E-state index contributed by atoms with van der Waals surface area (Å²) < 4.78 is 12.2. The summed E-state index contributed by atoms with van der Waals surface area (Å²) in [6.45, 7) is 13.2. The van der Waals surface area contributed by atoms with E-state index in [2.05, 4.69) is 59.1 Å². The molecule has 2 aliphatic rings. The molecule has 0 saturated carbocycles. The number of nitrogens with zero attached hydrogens (tertiary/aromatic N) is 8. The van der Waals surface area contributed by atoms with E-state index >= 15 is 0 Å². The van der Waals surface area contributed by atoms with Gasteiger partial charge in [-0.05, 0) is 78.6 Å². The van der Waals surface area contributed by atoms with Crippen LogP contribution in [0.15, 0.2) is 84.4 Å². The van der Waals surface area contributed by atoms with Crippen molar-refractivity contribution in [3.05, 3.63) is 119 Å². The fourth-order valence-electron chi connectivity index (χ4n) is 8.36. The van der Waals surface area contributed by atoms with Crippen LogP contribution in [0.25, 0.3) is 10.9 Å². The summed E-state index contributed by atoms with van der Waals surface area (Å²) in [7, 11) is 5.12. The first kappa shape index (κ1) is 43.3. The Bertz CT molecular complexity index is 2920. The molecule has 4 aromatic heterocycles. The number of carbonyl (C=O) groups excluding carboxylic acids is 5. The van der Waals surface area contributed by atoms with Gasteiger partial charge in [-0.15, -0.1) is 0 Å². The number of ether oxygens (including phenoxy) is 1. The Morgan fingerprint density at radius 1 is 0.922 bits per heavy atom. The van der Waals surface area contributed by atoms with Crippen LogP contribution in [-0.4, -0.2) is 88.2 Å². The van der Waals surface area contributed by atoms with E-state index in [1.54, 1.807) is 95.0 Å². The van der Waals surface area contributed by atoms with Crippen LogP contribution in [0.5, 0.6) is 5.75 Å². The number of aromatic nitrogens is 6. The van der Waals surface area contributed by atoms with Gasteiger partial charge in [-0.1, -0.05) is 39.0 Å². The molecule has 0 radical (unpaired) electrons. The zero-order valence-electron chi connectivity index (χ0n) is 37.2. The third-order valence-electron chi connectivity index (χ3n) is 11.4. The fraction of sp³-hybridized carbons (Fsp3) is 0.333. The molecular formula is C48H52N10O6. The molecular weight excluding hydrogens is 813 g/mol. The number of aliphatic imine (C=N–C) groups is 1. The van der Waals surface area contributed by atoms with Crippen LogP contribution in [-0.2, 0) is 38.8 Å². The minimum Gasteiger partial charge on any atom is -0.493 e. The van der Waals surface area contributed by atoms with Crippen molar-refractivity contribution in [1.82, 2.24) is 33.4 Å². The Balaban J connectivity index is 0.830. The molecule has 0 aliphatic carbocycles. The van der Waals surface area contributed by atoms with Crippen LogP contribution in [0.2, 0.25) is 0 Å². The van der Waals surface area contributed by atoms with E-state index in [4.69, 9.17) is 4.74 Å². The van der Waals surface area contributed by atoms with Crippen LogP contribution in [0, 0.1) is 12.3 Å². The highest BCUT2D eigenvalue weighted by molar-refractivity contribution is 6.06. The van der Waals surface area contributed by atoms with E-state index in [1.165, 1.54) is 10.2 Å². The van der Waals surface area contributed by atoms with E-state index in [0.29, 0.717) is 64.5 Å². The average molecular weight is 865 g/mol. The van der Waals surface area contributed by atoms with Crippen molar-refractivity contribution in [3.8, 4) is 5.75 Å². The number of carbonyl (C=O) groups is 5. The van der Waals surface area contributed by atoms with Crippen LogP contribution in [0.3, 0.4) is 0 Å². The summed E-state index contributed by atoms with van der Waals surface area (Å²) in [5.41, 5.74) is 6.56. The lowest BCUT2D eigenvalue weighted by molar-refractivity contribution is -0.116. The predicted molar refractivity (Wildman–Crippen MR) is 244 cm³/mol. The van der Waals surface area contributed by atoms with Crippen LogP contribution < -0.4 is 15.4 Å². The number of ketones is 1. The lowest BCUT2D eigenvalue weighted by Crippen LogP contribution is -2.35. The first-order chi connectivity index (χ1) is 30.4. The van der Waals surface area contributed by atoms with Crippen LogP contribution in [0.1, 0.15) is 98.7 Å². The van der Waals surface area contributed by atoms with Gasteiger partial charge in [-0.2, -0.15) is 9.78 Å². The highest BCUT2D eigenvalue weighted by atomic mass is 16.5. The Hall–Kier alpha value is -7.36. The Morgan fingerprint density at radius 3 is 2.48 bits per heavy atom. The van der Waals surface area contributed by atoms with Crippen molar-refractivity contribution in [2.45, 2.75) is 65.8 Å². The molecule has 0 unspecified atom stereocenters. The molecule has 16 nitrogen and oxygen atoms in total. The molecule has 6 heterocycles. The molecule has 8 rings (SSSR count). The monoisotopic (exact) mass is 864 g/mol. The fourth-order valence-corrected chi connectivity index (χ4v) is 8.36. The average Bonchev–Trinajstić information content (AvgIpc) is 4.05. The maximum Gasteiger partial charge on any atom is 0.295 e. The van der Waals surface area contributed by atoms with Gasteiger partial charge in [-0.3, -0.25) is 29.0 Å². The van der Waals surface area contributed by atoms with Crippen LogP contribution in [0.4, 0.5) is 17.2 Å². The molecule has 6 aromatic rings. The van der Waals surface area contributed by atoms with E-state index in [-0.39, 0.29) is 66.1 Å². The Labute approximate surface area is 370 Å². The van der Waals surface area contributed by atoms with Crippen molar-refractivity contribution < 1.29 is 28.7 Å². The van der Waals surface area contributed by atoms with E-state index in [1.807, 2.05) is 19.1 Å². The van der Waals surface area contributed by atoms with Gasteiger partial charge in [0.15, 0.2) is 11.6 Å². The maximum atomic E-state index is 13.6. The minimum atomic E-state index is -0.416. The third kappa shape index (κ3) is 9.07. The molecule has 3 amide bonds. The van der Waals surface area contributed by atoms with Crippen LogP contribution >= 0.6 is 0 Å². The van der Waals surface area contributed by atoms with Gasteiger partial charge in [0.25, 0.3) is 17.7 Å². The summed E-state index contributed by atoms with van der Waals surface area (Å²) >= 11 is 0. The normalized spacial score (nSPS) is 14.7. The Kier molecular flexibility index (Phi) is 11.5. The molecule has 0 spiro atoms. The molecule has 2 N–H and O–H groups in total. The zero-order valence-corrected chi connectivity index (χ0v) is 37.2. The number of hydrogen-bond donors (Lipinski definition) is 2. The van der Waals surface area contributed by atoms with Gasteiger partial charge in [0.05, 0.1) is 41.3 Å². The maximum absolute atomic E-state index is 13.6. The van der Waals surface area contributed by atoms with Gasteiger partial charge in [0, 0.05) is 76.8 Å². The third-order valence-corrected chi connectivity index (χ3v) is 11.4. The zero-order chi connectivity index (χ0) is 45.6. The number of aryl methyl sites for hydroxylation is 4. The van der Waals surface area contributed by atoms with Gasteiger partial charge in [-0.25, -0.2) is 4.98 Å². The summed E-state index contributed by atoms with van der Waals surface area (Å²) in [6.07, 6.45) is 10.6. The molecule has 1 saturated heterocycles. The van der Waals surface area contributed by atoms with Gasteiger partial charge in [0.2, 0.25) is 11.7 Å². The van der Waals surface area contributed by atoms with Gasteiger partial charge in [0.1, 0.15) is 17.1 Å². The topological polar surface area (TPSA) is 180 Å². The molecule has 16 heteroatoms. The Morgan fingerprint density at radius 2 is 1.70 bits per heavy atom. The largest absolute Gasteiger partial charge is 0.493 e. The number of rotatable bonds is 13. The SMILES string of the molecule is C=C1C[C@H]2C=Nc3cc(OCCCC(=O)Nc4cn(C)c(C(=O)Cc5cc(C(=O)Nc6cc(C(=O)n7ncc8cc(CC(C)(C)C)ccc87)n(C)c6)n(C)c5)n4)c(C)cc3C(=O)N2C1. The standard InChI is InChI=1S/C48H52N10O6/c1-28-14-34-23-49-36-20-41(29(2)15-35(36)46(62)57(34)24-28)64-13-9-10-43(60)52-42-27-56(8)44(53-42)40(59)18-31-17-38(54(6)25-31)45(61)51-33-19-39(55(7)26-33)47(63)58-37-12-11-30(21-48(3,4)5)16-32(37)22-50-58/h11-12,15-17,19-20,22-23,25-27,34H,1,9-10,13-14,18,21,24H2,2-8H3,(H,51,61)(H,52,60)/t34-/m0/s1. The number of benzene rings is 2. The molecule has 1 fully saturated rings. The number of hydrogen-bond acceptors (Lipinski definition) is 9. The number of fused-ring (bicyclic) bond motifs is 3. The van der Waals surface area contributed by atoms with E-state index < -0.39 is 5.91 Å². The quantitative estimate of drug-likeness (QED) is 0.0708. The molecule has 2 aromatic carbocycles. The number of anilines is 2. The highest BCUT2D eigenvalue weighted by Crippen LogP contribution is 2.35. The lowest BCUT2D eigenvalue weighted by Gasteiger charge is -2.20. The second-order valence-electron chi connectivity index (χ2n) is 18.0. The molecule has 0 bridgehead atoms. The van der Waals surface area contributed by atoms with E-state index in [9.17, 15) is 24.0 Å². The molecule has 330 valence electrons. The molecule has 2 aliphatic heterocycles. The van der Waals surface area contributed by atoms with Gasteiger partial charge >= 0.3 is 0 Å². The minimum absolute atomic E-state index is 0.0353. The van der Waals surface area contributed by atoms with Crippen molar-refractivity contribution in [2.75, 3.05) is 23.8 Å². The van der Waals surface area contributed by atoms with Crippen molar-refractivity contribution in [3.63, 3.8) is 0 Å². The first-order valence-corrected chi connectivity index (χ1v) is 21.2. The number of imidazole rings is 1. The first-order valence-electron chi connectivity index (χ1n) is 21.2. The summed E-state index contributed by atoms with van der Waals surface area (Å²) in [6, 6.07) is 12.7. The van der Waals surface area contributed by atoms with Crippen molar-refractivity contribution in [2.24, 2.45) is 31.6 Å². The van der Waals surface area contributed by atoms with Crippen molar-refractivity contribution in [1.29, 1.82) is 0 Å². The number of nitrogens with one attached hydrogen (secondary N) is 2. The second kappa shape index (κ2) is 17.1. The van der Waals surface area contributed by atoms with Gasteiger partial charge < -0.3 is 34.0 Å². The summed E-state index contributed by atoms with van der Waals surface area (Å²) in [5, 5.41) is 10.9. The smallest absolute Gasteiger partial charge is 0.295 e. The second-order valence-corrected chi connectivity index (χ2v) is 18.0. The number of amides is 3. The predicted octanol–water partition coefficient (Wildman–Crippen LogP) is 6.99. The molecule has 1 atom stereocenters. The van der Waals surface area contributed by atoms with Crippen molar-refractivity contribution >= 4 is 63.7 Å².